The van der Waals surface area contributed by atoms with Crippen molar-refractivity contribution < 1.29 is 4.42 Å². The lowest BCUT2D eigenvalue weighted by Gasteiger charge is -2.27. The van der Waals surface area contributed by atoms with Crippen LogP contribution >= 0.6 is 12.2 Å². The molecule has 164 valence electrons. The Morgan fingerprint density at radius 2 is 1.88 bits per heavy atom. The summed E-state index contributed by atoms with van der Waals surface area (Å²) >= 11 is 5.77. The Bertz CT molecular complexity index is 1280. The molecular weight excluding hydrogens is 418 g/mol. The second-order valence-electron chi connectivity index (χ2n) is 8.19. The lowest BCUT2D eigenvalue weighted by atomic mass is 10.1. The summed E-state index contributed by atoms with van der Waals surface area (Å²) < 4.78 is 5.56. The molecule has 0 bridgehead atoms. The van der Waals surface area contributed by atoms with Gasteiger partial charge >= 0.3 is 0 Å². The Balaban J connectivity index is 1.63. The second-order valence-corrected chi connectivity index (χ2v) is 8.57. The average molecular weight is 446 g/mol. The van der Waals surface area contributed by atoms with Crippen LogP contribution in [0.4, 0.5) is 0 Å². The number of furan rings is 1. The van der Waals surface area contributed by atoms with Crippen molar-refractivity contribution >= 4 is 28.2 Å². The predicted octanol–water partition coefficient (Wildman–Crippen LogP) is 5.38. The summed E-state index contributed by atoms with van der Waals surface area (Å²) in [5.74, 6) is 0.783. The van der Waals surface area contributed by atoms with Crippen LogP contribution in [0.15, 0.2) is 76.1 Å². The highest BCUT2D eigenvalue weighted by molar-refractivity contribution is 7.80. The van der Waals surface area contributed by atoms with Crippen molar-refractivity contribution in [2.45, 2.75) is 39.9 Å². The van der Waals surface area contributed by atoms with Crippen molar-refractivity contribution in [3.63, 3.8) is 0 Å². The summed E-state index contributed by atoms with van der Waals surface area (Å²) in [4.78, 5) is 17.9. The van der Waals surface area contributed by atoms with Crippen molar-refractivity contribution in [1.29, 1.82) is 0 Å². The van der Waals surface area contributed by atoms with E-state index < -0.39 is 0 Å². The fraction of sp³-hybridized carbons (Fsp3) is 0.231. The molecule has 2 aromatic heterocycles. The van der Waals surface area contributed by atoms with E-state index in [0.717, 1.165) is 33.4 Å². The Hall–Kier alpha value is -3.38. The molecule has 0 aliphatic rings. The molecule has 6 heteroatoms. The molecule has 0 saturated heterocycles. The molecule has 0 amide bonds. The van der Waals surface area contributed by atoms with Crippen LogP contribution in [0.5, 0.6) is 0 Å². The molecule has 2 aromatic carbocycles. The number of benzene rings is 2. The standard InChI is InChI=1S/C26H27N3O2S/c1-17-12-18(2)24-21(13-17)14-22(25(30)28-24)15-29(16-23-10-7-11-31-23)26(32)27-19(3)20-8-5-4-6-9-20/h4-14,19H,15-16H2,1-3H3,(H,27,32)(H,28,30)/t19-/m0/s1. The molecule has 1 atom stereocenters. The van der Waals surface area contributed by atoms with Gasteiger partial charge in [0.1, 0.15) is 5.76 Å². The van der Waals surface area contributed by atoms with Gasteiger partial charge in [-0.2, -0.15) is 0 Å². The number of nitrogens with zero attached hydrogens (tertiary/aromatic N) is 1. The minimum Gasteiger partial charge on any atom is -0.467 e. The lowest BCUT2D eigenvalue weighted by molar-refractivity contribution is 0.347. The summed E-state index contributed by atoms with van der Waals surface area (Å²) in [7, 11) is 0. The summed E-state index contributed by atoms with van der Waals surface area (Å²) in [5, 5.41) is 4.99. The molecule has 0 aliphatic carbocycles. The smallest absolute Gasteiger partial charge is 0.253 e. The summed E-state index contributed by atoms with van der Waals surface area (Å²) in [6.07, 6.45) is 1.64. The van der Waals surface area contributed by atoms with Crippen LogP contribution in [-0.2, 0) is 13.1 Å². The van der Waals surface area contributed by atoms with Crippen LogP contribution < -0.4 is 10.9 Å². The summed E-state index contributed by atoms with van der Waals surface area (Å²) in [5.41, 5.74) is 4.79. The number of H-pyrrole nitrogens is 1. The van der Waals surface area contributed by atoms with Crippen LogP contribution in [0.1, 0.15) is 41.0 Å². The zero-order valence-electron chi connectivity index (χ0n) is 18.5. The maximum absolute atomic E-state index is 12.9. The first-order chi connectivity index (χ1) is 15.4. The van der Waals surface area contributed by atoms with Gasteiger partial charge in [-0.05, 0) is 73.8 Å². The van der Waals surface area contributed by atoms with E-state index >= 15 is 0 Å². The SMILES string of the molecule is Cc1cc(C)c2[nH]c(=O)c(CN(Cc3ccco3)C(=S)N[C@@H](C)c3ccccc3)cc2c1. The number of hydrogen-bond acceptors (Lipinski definition) is 3. The Morgan fingerprint density at radius 1 is 1.09 bits per heavy atom. The number of nitrogens with one attached hydrogen (secondary N) is 2. The topological polar surface area (TPSA) is 61.3 Å². The molecule has 2 N–H and O–H groups in total. The number of rotatable bonds is 6. The van der Waals surface area contributed by atoms with Crippen molar-refractivity contribution in [3.8, 4) is 0 Å². The van der Waals surface area contributed by atoms with Gasteiger partial charge in [-0.3, -0.25) is 4.79 Å². The van der Waals surface area contributed by atoms with Crippen molar-refractivity contribution in [2.24, 2.45) is 0 Å². The lowest BCUT2D eigenvalue weighted by Crippen LogP contribution is -2.41. The van der Waals surface area contributed by atoms with E-state index in [0.29, 0.717) is 23.8 Å². The first kappa shape index (κ1) is 21.8. The monoisotopic (exact) mass is 445 g/mol. The highest BCUT2D eigenvalue weighted by Crippen LogP contribution is 2.20. The van der Waals surface area contributed by atoms with Crippen LogP contribution in [0.25, 0.3) is 10.9 Å². The second kappa shape index (κ2) is 9.40. The van der Waals surface area contributed by atoms with Crippen molar-refractivity contribution in [1.82, 2.24) is 15.2 Å². The Kier molecular flexibility index (Phi) is 6.42. The van der Waals surface area contributed by atoms with E-state index in [-0.39, 0.29) is 11.6 Å². The highest BCUT2D eigenvalue weighted by Gasteiger charge is 2.17. The van der Waals surface area contributed by atoms with E-state index in [1.165, 1.54) is 0 Å². The molecule has 4 rings (SSSR count). The normalized spacial score (nSPS) is 12.0. The number of fused-ring (bicyclic) bond motifs is 1. The summed E-state index contributed by atoms with van der Waals surface area (Å²) in [6, 6.07) is 20.1. The van der Waals surface area contributed by atoms with Gasteiger partial charge in [-0.1, -0.05) is 42.0 Å². The zero-order chi connectivity index (χ0) is 22.7. The molecular formula is C26H27N3O2S. The maximum atomic E-state index is 12.9. The van der Waals surface area contributed by atoms with E-state index in [9.17, 15) is 4.79 Å². The first-order valence-corrected chi connectivity index (χ1v) is 11.1. The van der Waals surface area contributed by atoms with E-state index in [4.69, 9.17) is 16.6 Å². The Morgan fingerprint density at radius 3 is 2.59 bits per heavy atom. The van der Waals surface area contributed by atoms with Gasteiger partial charge in [0.2, 0.25) is 0 Å². The number of pyridine rings is 1. The van der Waals surface area contributed by atoms with Gasteiger partial charge in [0.15, 0.2) is 5.11 Å². The van der Waals surface area contributed by atoms with Crippen molar-refractivity contribution in [3.05, 3.63) is 105 Å². The largest absolute Gasteiger partial charge is 0.467 e. The molecule has 0 spiro atoms. The Labute approximate surface area is 193 Å². The predicted molar refractivity (Wildman–Crippen MR) is 133 cm³/mol. The van der Waals surface area contributed by atoms with Crippen LogP contribution in [-0.4, -0.2) is 15.0 Å². The maximum Gasteiger partial charge on any atom is 0.253 e. The third kappa shape index (κ3) is 4.92. The first-order valence-electron chi connectivity index (χ1n) is 10.7. The van der Waals surface area contributed by atoms with Crippen LogP contribution in [0.3, 0.4) is 0 Å². The molecule has 32 heavy (non-hydrogen) atoms. The van der Waals surface area contributed by atoms with Gasteiger partial charge in [-0.25, -0.2) is 0 Å². The van der Waals surface area contributed by atoms with E-state index in [1.54, 1.807) is 6.26 Å². The molecule has 0 saturated carbocycles. The molecule has 0 fully saturated rings. The fourth-order valence-electron chi connectivity index (χ4n) is 3.95. The van der Waals surface area contributed by atoms with Gasteiger partial charge in [0.05, 0.1) is 30.9 Å². The van der Waals surface area contributed by atoms with Gasteiger partial charge in [-0.15, -0.1) is 0 Å². The number of aromatic nitrogens is 1. The van der Waals surface area contributed by atoms with Crippen LogP contribution in [0, 0.1) is 13.8 Å². The van der Waals surface area contributed by atoms with E-state index in [2.05, 4.69) is 48.4 Å². The third-order valence-corrected chi connectivity index (χ3v) is 5.96. The number of aryl methyl sites for hydroxylation is 2. The van der Waals surface area contributed by atoms with Crippen molar-refractivity contribution in [2.75, 3.05) is 0 Å². The van der Waals surface area contributed by atoms with Gasteiger partial charge in [0.25, 0.3) is 5.56 Å². The number of hydrogen-bond donors (Lipinski definition) is 2. The summed E-state index contributed by atoms with van der Waals surface area (Å²) in [6.45, 7) is 6.97. The fourth-order valence-corrected chi connectivity index (χ4v) is 4.25. The molecule has 2 heterocycles. The van der Waals surface area contributed by atoms with Gasteiger partial charge < -0.3 is 19.6 Å². The minimum absolute atomic E-state index is 0.0305. The van der Waals surface area contributed by atoms with E-state index in [1.807, 2.05) is 48.2 Å². The number of thiocarbonyl (C=S) groups is 1. The molecule has 0 unspecified atom stereocenters. The molecule has 0 radical (unpaired) electrons. The van der Waals surface area contributed by atoms with Gasteiger partial charge in [0, 0.05) is 5.56 Å². The zero-order valence-corrected chi connectivity index (χ0v) is 19.3. The molecule has 4 aromatic rings. The average Bonchev–Trinajstić information content (AvgIpc) is 3.28. The quantitative estimate of drug-likeness (QED) is 0.391. The van der Waals surface area contributed by atoms with Crippen LogP contribution in [0.2, 0.25) is 0 Å². The third-order valence-electron chi connectivity index (χ3n) is 5.59. The number of aromatic amines is 1. The minimum atomic E-state index is -0.104. The highest BCUT2D eigenvalue weighted by atomic mass is 32.1. The molecule has 5 nitrogen and oxygen atoms in total. The molecule has 0 aliphatic heterocycles.